The molecule has 1 aromatic heterocycles. The van der Waals surface area contributed by atoms with Gasteiger partial charge in [-0.05, 0) is 84.3 Å². The Morgan fingerprint density at radius 1 is 0.378 bits per heavy atom. The van der Waals surface area contributed by atoms with E-state index in [1.165, 1.54) is 5.56 Å². The van der Waals surface area contributed by atoms with Crippen LogP contribution in [0.3, 0.4) is 0 Å². The normalized spacial score (nSPS) is 13.1. The van der Waals surface area contributed by atoms with Crippen molar-refractivity contribution < 1.29 is 11.3 Å². The fourth-order valence-corrected chi connectivity index (χ4v) is 6.76. The van der Waals surface area contributed by atoms with Gasteiger partial charge in [0.1, 0.15) is 11.2 Å². The Hall–Kier alpha value is -5.92. The number of fused-ring (bicyclic) bond motifs is 5. The van der Waals surface area contributed by atoms with Gasteiger partial charge in [0.2, 0.25) is 0 Å². The Morgan fingerprint density at radius 3 is 1.60 bits per heavy atom. The summed E-state index contributed by atoms with van der Waals surface area (Å²) in [6.45, 7) is 0. The molecule has 1 heterocycles. The molecule has 45 heavy (non-hydrogen) atoms. The zero-order chi connectivity index (χ0) is 34.1. The first-order chi connectivity index (χ1) is 24.4. The lowest BCUT2D eigenvalue weighted by Gasteiger charge is -2.18. The van der Waals surface area contributed by atoms with Gasteiger partial charge >= 0.3 is 0 Å². The summed E-state index contributed by atoms with van der Waals surface area (Å²) >= 11 is 0. The molecule has 0 unspecified atom stereocenters. The standard InChI is InChI=1S/C44H28O/c1-3-12-29(13-4-1)30-22-24-31(25-23-30)33-26-27-40-39(28-33)44-38(20-11-21-41(44)45-40)43-36-18-9-7-16-34(36)42(32-14-5-2-6-15-32)35-17-8-10-19-37(35)43/h1-28H/i2D,5D,6D,14D,15D. The topological polar surface area (TPSA) is 13.1 Å². The highest BCUT2D eigenvalue weighted by Crippen LogP contribution is 2.47. The molecule has 0 bridgehead atoms. The zero-order valence-electron chi connectivity index (χ0n) is 29.2. The molecule has 9 aromatic rings. The molecule has 0 saturated carbocycles. The average molecular weight is 578 g/mol. The Bertz CT molecular complexity index is 2720. The van der Waals surface area contributed by atoms with Crippen LogP contribution in [0, 0.1) is 0 Å². The Balaban J connectivity index is 1.31. The van der Waals surface area contributed by atoms with Crippen molar-refractivity contribution in [3.63, 3.8) is 0 Å². The van der Waals surface area contributed by atoms with Gasteiger partial charge < -0.3 is 4.42 Å². The highest BCUT2D eigenvalue weighted by atomic mass is 16.3. The molecule has 8 aromatic carbocycles. The highest BCUT2D eigenvalue weighted by molar-refractivity contribution is 6.25. The van der Waals surface area contributed by atoms with Crippen LogP contribution in [-0.2, 0) is 0 Å². The fourth-order valence-electron chi connectivity index (χ4n) is 6.76. The lowest BCUT2D eigenvalue weighted by Crippen LogP contribution is -1.91. The number of hydrogen-bond donors (Lipinski definition) is 0. The molecule has 1 nitrogen and oxygen atoms in total. The molecule has 0 saturated heterocycles. The van der Waals surface area contributed by atoms with Gasteiger partial charge in [0.15, 0.2) is 0 Å². The van der Waals surface area contributed by atoms with Gasteiger partial charge in [0.25, 0.3) is 0 Å². The van der Waals surface area contributed by atoms with Crippen LogP contribution >= 0.6 is 0 Å². The van der Waals surface area contributed by atoms with Crippen LogP contribution in [0.15, 0.2) is 174 Å². The van der Waals surface area contributed by atoms with Crippen molar-refractivity contribution >= 4 is 43.5 Å². The molecule has 9 rings (SSSR count). The smallest absolute Gasteiger partial charge is 0.136 e. The number of hydrogen-bond acceptors (Lipinski definition) is 1. The zero-order valence-corrected chi connectivity index (χ0v) is 24.2. The summed E-state index contributed by atoms with van der Waals surface area (Å²) in [4.78, 5) is 0. The number of benzene rings is 8. The maximum Gasteiger partial charge on any atom is 0.136 e. The molecule has 210 valence electrons. The van der Waals surface area contributed by atoms with E-state index in [9.17, 15) is 0 Å². The van der Waals surface area contributed by atoms with Crippen molar-refractivity contribution in [2.75, 3.05) is 0 Å². The first kappa shape index (κ1) is 20.9. The van der Waals surface area contributed by atoms with E-state index in [1.807, 2.05) is 60.7 Å². The maximum atomic E-state index is 8.88. The largest absolute Gasteiger partial charge is 0.456 e. The highest BCUT2D eigenvalue weighted by Gasteiger charge is 2.20. The summed E-state index contributed by atoms with van der Waals surface area (Å²) in [7, 11) is 0. The SMILES string of the molecule is [2H]c1c([2H])c([2H])c(-c2c3ccccc3c(-c3cccc4oc5ccc(-c6ccc(-c7ccccc7)cc6)cc5c34)c3ccccc23)c([2H])c1[2H]. The van der Waals surface area contributed by atoms with E-state index in [2.05, 4.69) is 78.9 Å². The van der Waals surface area contributed by atoms with E-state index >= 15 is 0 Å². The third-order valence-electron chi connectivity index (χ3n) is 8.77. The third-order valence-corrected chi connectivity index (χ3v) is 8.77. The van der Waals surface area contributed by atoms with E-state index in [-0.39, 0.29) is 29.7 Å². The summed E-state index contributed by atoms with van der Waals surface area (Å²) in [5.41, 5.74) is 8.93. The third kappa shape index (κ3) is 4.17. The number of rotatable bonds is 4. The second-order valence-electron chi connectivity index (χ2n) is 11.3. The van der Waals surface area contributed by atoms with E-state index < -0.39 is 6.04 Å². The predicted octanol–water partition coefficient (Wildman–Crippen LogP) is 12.6. The fraction of sp³-hybridized carbons (Fsp3) is 0. The minimum atomic E-state index is -0.404. The summed E-state index contributed by atoms with van der Waals surface area (Å²) in [5.74, 6) is 0. The van der Waals surface area contributed by atoms with E-state index in [0.29, 0.717) is 5.56 Å². The van der Waals surface area contributed by atoms with Gasteiger partial charge in [0, 0.05) is 10.8 Å². The average Bonchev–Trinajstić information content (AvgIpc) is 3.55. The van der Waals surface area contributed by atoms with Crippen LogP contribution in [0.4, 0.5) is 0 Å². The lowest BCUT2D eigenvalue weighted by atomic mass is 9.85. The quantitative estimate of drug-likeness (QED) is 0.190. The summed E-state index contributed by atoms with van der Waals surface area (Å²) in [6.07, 6.45) is 0. The summed E-state index contributed by atoms with van der Waals surface area (Å²) in [6, 6.07) is 45.8. The van der Waals surface area contributed by atoms with Gasteiger partial charge in [-0.25, -0.2) is 0 Å². The first-order valence-electron chi connectivity index (χ1n) is 17.5. The van der Waals surface area contributed by atoms with Gasteiger partial charge in [-0.2, -0.15) is 0 Å². The molecule has 0 atom stereocenters. The molecule has 0 aliphatic rings. The van der Waals surface area contributed by atoms with Gasteiger partial charge in [-0.15, -0.1) is 0 Å². The summed E-state index contributed by atoms with van der Waals surface area (Å²) < 4.78 is 49.3. The molecule has 1 heteroatoms. The number of furan rings is 1. The molecular formula is C44H28O. The van der Waals surface area contributed by atoms with Crippen molar-refractivity contribution in [2.24, 2.45) is 0 Å². The molecule has 0 radical (unpaired) electrons. The van der Waals surface area contributed by atoms with Crippen LogP contribution in [0.2, 0.25) is 0 Å². The van der Waals surface area contributed by atoms with Crippen molar-refractivity contribution in [3.8, 4) is 44.5 Å². The van der Waals surface area contributed by atoms with E-state index in [1.54, 1.807) is 0 Å². The lowest BCUT2D eigenvalue weighted by molar-refractivity contribution is 0.669. The van der Waals surface area contributed by atoms with Gasteiger partial charge in [0.05, 0.1) is 6.85 Å². The van der Waals surface area contributed by atoms with Gasteiger partial charge in [-0.3, -0.25) is 0 Å². The van der Waals surface area contributed by atoms with Crippen LogP contribution in [-0.4, -0.2) is 0 Å². The molecular weight excluding hydrogens is 544 g/mol. The van der Waals surface area contributed by atoms with E-state index in [4.69, 9.17) is 11.3 Å². The second-order valence-corrected chi connectivity index (χ2v) is 11.3. The molecule has 0 aliphatic heterocycles. The van der Waals surface area contributed by atoms with Crippen LogP contribution in [0.5, 0.6) is 0 Å². The minimum Gasteiger partial charge on any atom is -0.456 e. The Kier molecular flexibility index (Phi) is 4.81. The van der Waals surface area contributed by atoms with Crippen molar-refractivity contribution in [3.05, 3.63) is 170 Å². The molecule has 0 fully saturated rings. The van der Waals surface area contributed by atoms with Crippen LogP contribution < -0.4 is 0 Å². The second kappa shape index (κ2) is 10.4. The predicted molar refractivity (Wildman–Crippen MR) is 190 cm³/mol. The molecule has 0 aliphatic carbocycles. The molecule has 0 N–H and O–H groups in total. The first-order valence-corrected chi connectivity index (χ1v) is 15.0. The monoisotopic (exact) mass is 577 g/mol. The summed E-state index contributed by atoms with van der Waals surface area (Å²) in [5, 5.41) is 5.46. The van der Waals surface area contributed by atoms with Crippen LogP contribution in [0.25, 0.3) is 88.0 Å². The van der Waals surface area contributed by atoms with Crippen LogP contribution in [0.1, 0.15) is 6.85 Å². The van der Waals surface area contributed by atoms with Crippen molar-refractivity contribution in [1.82, 2.24) is 0 Å². The van der Waals surface area contributed by atoms with E-state index in [0.717, 1.165) is 71.3 Å². The maximum absolute atomic E-state index is 8.88. The Labute approximate surface area is 268 Å². The molecule has 0 amide bonds. The Morgan fingerprint density at radius 2 is 0.933 bits per heavy atom. The van der Waals surface area contributed by atoms with Crippen molar-refractivity contribution in [1.29, 1.82) is 0 Å². The minimum absolute atomic E-state index is 0.199. The molecule has 0 spiro atoms. The van der Waals surface area contributed by atoms with Crippen molar-refractivity contribution in [2.45, 2.75) is 0 Å². The van der Waals surface area contributed by atoms with Gasteiger partial charge in [-0.1, -0.05) is 152 Å².